The monoisotopic (exact) mass is 358 g/mol. The van der Waals surface area contributed by atoms with Gasteiger partial charge in [0.25, 0.3) is 10.0 Å². The summed E-state index contributed by atoms with van der Waals surface area (Å²) in [5.74, 6) is -0.454. The second kappa shape index (κ2) is 6.28. The summed E-state index contributed by atoms with van der Waals surface area (Å²) in [5.41, 5.74) is 1.79. The van der Waals surface area contributed by atoms with E-state index in [1.54, 1.807) is 6.20 Å². The van der Waals surface area contributed by atoms with Crippen LogP contribution in [0, 0.1) is 5.82 Å². The lowest BCUT2D eigenvalue weighted by Gasteiger charge is -2.15. The number of fused-ring (bicyclic) bond motifs is 1. The molecule has 0 atom stereocenters. The van der Waals surface area contributed by atoms with Gasteiger partial charge in [-0.1, -0.05) is 12.1 Å². The quantitative estimate of drug-likeness (QED) is 0.715. The fourth-order valence-electron chi connectivity index (χ4n) is 3.46. The number of rotatable bonds is 4. The van der Waals surface area contributed by atoms with E-state index in [-0.39, 0.29) is 4.90 Å². The second-order valence-corrected chi connectivity index (χ2v) is 8.22. The maximum atomic E-state index is 13.1. The summed E-state index contributed by atoms with van der Waals surface area (Å²) in [6.07, 6.45) is 4.02. The van der Waals surface area contributed by atoms with Crippen LogP contribution in [0.25, 0.3) is 10.9 Å². The lowest BCUT2D eigenvalue weighted by atomic mass is 10.1. The predicted molar refractivity (Wildman–Crippen MR) is 95.4 cm³/mol. The van der Waals surface area contributed by atoms with E-state index in [4.69, 9.17) is 0 Å². The number of hydrogen-bond acceptors (Lipinski definition) is 3. The maximum absolute atomic E-state index is 13.1. The Balaban J connectivity index is 1.77. The number of likely N-dealkylation sites (tertiary alicyclic amines) is 1. The van der Waals surface area contributed by atoms with Crippen molar-refractivity contribution >= 4 is 20.9 Å². The molecule has 25 heavy (non-hydrogen) atoms. The number of hydrogen-bond donors (Lipinski definition) is 0. The van der Waals surface area contributed by atoms with Gasteiger partial charge in [-0.3, -0.25) is 4.90 Å². The van der Waals surface area contributed by atoms with Crippen LogP contribution in [-0.2, 0) is 16.6 Å². The van der Waals surface area contributed by atoms with Crippen LogP contribution >= 0.6 is 0 Å². The lowest BCUT2D eigenvalue weighted by Crippen LogP contribution is -2.18. The molecule has 0 unspecified atom stereocenters. The summed E-state index contributed by atoms with van der Waals surface area (Å²) in [5, 5.41) is 0.945. The molecule has 0 spiro atoms. The number of benzene rings is 2. The minimum absolute atomic E-state index is 0.0799. The summed E-state index contributed by atoms with van der Waals surface area (Å²) in [6.45, 7) is 3.01. The van der Waals surface area contributed by atoms with E-state index in [9.17, 15) is 12.8 Å². The summed E-state index contributed by atoms with van der Waals surface area (Å²) in [4.78, 5) is 2.47. The van der Waals surface area contributed by atoms with Gasteiger partial charge >= 0.3 is 0 Å². The van der Waals surface area contributed by atoms with E-state index in [2.05, 4.69) is 11.0 Å². The van der Waals surface area contributed by atoms with Crippen molar-refractivity contribution in [1.29, 1.82) is 0 Å². The molecule has 3 aromatic rings. The molecule has 4 rings (SSSR count). The number of aromatic nitrogens is 1. The third kappa shape index (κ3) is 2.96. The maximum Gasteiger partial charge on any atom is 0.268 e. The molecule has 2 aromatic carbocycles. The van der Waals surface area contributed by atoms with E-state index < -0.39 is 15.8 Å². The zero-order valence-electron chi connectivity index (χ0n) is 13.7. The molecule has 1 aliphatic heterocycles. The lowest BCUT2D eigenvalue weighted by molar-refractivity contribution is 0.332. The van der Waals surface area contributed by atoms with Gasteiger partial charge in [0, 0.05) is 18.1 Å². The van der Waals surface area contributed by atoms with Gasteiger partial charge in [-0.05, 0) is 67.9 Å². The first kappa shape index (κ1) is 16.3. The van der Waals surface area contributed by atoms with Gasteiger partial charge in [0.1, 0.15) is 5.82 Å². The molecular formula is C19H19FN2O2S. The van der Waals surface area contributed by atoms with Crippen molar-refractivity contribution in [1.82, 2.24) is 8.87 Å². The fraction of sp³-hybridized carbons (Fsp3) is 0.263. The van der Waals surface area contributed by atoms with Crippen LogP contribution < -0.4 is 0 Å². The van der Waals surface area contributed by atoms with Crippen LogP contribution in [0.15, 0.2) is 59.6 Å². The Morgan fingerprint density at radius 2 is 1.68 bits per heavy atom. The summed E-state index contributed by atoms with van der Waals surface area (Å²) in [6, 6.07) is 12.5. The first-order valence-corrected chi connectivity index (χ1v) is 9.82. The van der Waals surface area contributed by atoms with Crippen LogP contribution in [-0.4, -0.2) is 30.4 Å². The van der Waals surface area contributed by atoms with Crippen molar-refractivity contribution in [3.63, 3.8) is 0 Å². The SMILES string of the molecule is O=S(=O)(c1ccc(F)cc1)n1ccc2c(CN3CCCC3)cccc21. The van der Waals surface area contributed by atoms with Crippen LogP contribution in [0.4, 0.5) is 4.39 Å². The Bertz CT molecular complexity index is 1000. The van der Waals surface area contributed by atoms with Crippen molar-refractivity contribution in [2.75, 3.05) is 13.1 Å². The molecule has 0 aliphatic carbocycles. The summed E-state index contributed by atoms with van der Waals surface area (Å²) in [7, 11) is -3.75. The van der Waals surface area contributed by atoms with Crippen LogP contribution in [0.5, 0.6) is 0 Å². The van der Waals surface area contributed by atoms with Gasteiger partial charge < -0.3 is 0 Å². The Kier molecular flexibility index (Phi) is 4.09. The van der Waals surface area contributed by atoms with E-state index in [1.165, 1.54) is 28.9 Å². The van der Waals surface area contributed by atoms with Gasteiger partial charge in [0.15, 0.2) is 0 Å². The highest BCUT2D eigenvalue weighted by atomic mass is 32.2. The van der Waals surface area contributed by atoms with Crippen molar-refractivity contribution < 1.29 is 12.8 Å². The molecule has 6 heteroatoms. The normalized spacial score (nSPS) is 15.9. The molecule has 1 fully saturated rings. The average molecular weight is 358 g/mol. The number of halogens is 1. The first-order valence-electron chi connectivity index (χ1n) is 8.38. The second-order valence-electron chi connectivity index (χ2n) is 6.40. The summed E-state index contributed by atoms with van der Waals surface area (Å²) < 4.78 is 40.2. The van der Waals surface area contributed by atoms with Gasteiger partial charge in [0.2, 0.25) is 0 Å². The Morgan fingerprint density at radius 1 is 0.960 bits per heavy atom. The van der Waals surface area contributed by atoms with E-state index in [0.29, 0.717) is 5.52 Å². The fourth-order valence-corrected chi connectivity index (χ4v) is 4.80. The topological polar surface area (TPSA) is 42.3 Å². The first-order chi connectivity index (χ1) is 12.1. The minimum atomic E-state index is -3.75. The van der Waals surface area contributed by atoms with Crippen molar-refractivity contribution in [3.8, 4) is 0 Å². The average Bonchev–Trinajstić information content (AvgIpc) is 3.25. The highest BCUT2D eigenvalue weighted by molar-refractivity contribution is 7.90. The van der Waals surface area contributed by atoms with Crippen molar-refractivity contribution in [3.05, 3.63) is 66.1 Å². The van der Waals surface area contributed by atoms with Crippen LogP contribution in [0.3, 0.4) is 0 Å². The molecule has 0 saturated carbocycles. The molecule has 1 saturated heterocycles. The zero-order valence-corrected chi connectivity index (χ0v) is 14.5. The van der Waals surface area contributed by atoms with Crippen LogP contribution in [0.2, 0.25) is 0 Å². The molecule has 130 valence electrons. The van der Waals surface area contributed by atoms with Gasteiger partial charge in [-0.25, -0.2) is 16.8 Å². The largest absolute Gasteiger partial charge is 0.299 e. The Hall–Kier alpha value is -2.18. The number of nitrogens with zero attached hydrogens (tertiary/aromatic N) is 2. The predicted octanol–water partition coefficient (Wildman–Crippen LogP) is 3.61. The van der Waals surface area contributed by atoms with E-state index in [0.717, 1.165) is 42.7 Å². The van der Waals surface area contributed by atoms with Crippen molar-refractivity contribution in [2.24, 2.45) is 0 Å². The van der Waals surface area contributed by atoms with Crippen LogP contribution in [0.1, 0.15) is 18.4 Å². The Labute approximate surface area is 146 Å². The molecule has 0 bridgehead atoms. The third-order valence-corrected chi connectivity index (χ3v) is 6.45. The molecule has 4 nitrogen and oxygen atoms in total. The molecule has 2 heterocycles. The summed E-state index contributed by atoms with van der Waals surface area (Å²) >= 11 is 0. The van der Waals surface area contributed by atoms with Gasteiger partial charge in [-0.15, -0.1) is 0 Å². The molecule has 1 aromatic heterocycles. The minimum Gasteiger partial charge on any atom is -0.299 e. The smallest absolute Gasteiger partial charge is 0.268 e. The highest BCUT2D eigenvalue weighted by Gasteiger charge is 2.20. The molecule has 1 aliphatic rings. The standard InChI is InChI=1S/C19H19FN2O2S/c20-16-6-8-17(9-7-16)25(23,24)22-13-10-18-15(4-3-5-19(18)22)14-21-11-1-2-12-21/h3-10,13H,1-2,11-12,14H2. The van der Waals surface area contributed by atoms with Gasteiger partial charge in [0.05, 0.1) is 10.4 Å². The highest BCUT2D eigenvalue weighted by Crippen LogP contribution is 2.26. The van der Waals surface area contributed by atoms with Crippen molar-refractivity contribution in [2.45, 2.75) is 24.3 Å². The zero-order chi connectivity index (χ0) is 17.4. The van der Waals surface area contributed by atoms with E-state index >= 15 is 0 Å². The molecular weight excluding hydrogens is 339 g/mol. The van der Waals surface area contributed by atoms with E-state index in [1.807, 2.05) is 18.2 Å². The molecule has 0 radical (unpaired) electrons. The third-order valence-electron chi connectivity index (χ3n) is 4.75. The van der Waals surface area contributed by atoms with Gasteiger partial charge in [-0.2, -0.15) is 0 Å². The molecule has 0 N–H and O–H groups in total. The molecule has 0 amide bonds. The Morgan fingerprint density at radius 3 is 2.40 bits per heavy atom.